The summed E-state index contributed by atoms with van der Waals surface area (Å²) in [4.78, 5) is 29.7. The lowest BCUT2D eigenvalue weighted by molar-refractivity contribution is -0.140. The molecule has 0 aliphatic rings. The van der Waals surface area contributed by atoms with Crippen LogP contribution in [0.1, 0.15) is 25.0 Å². The van der Waals surface area contributed by atoms with E-state index in [0.29, 0.717) is 27.2 Å². The Morgan fingerprint density at radius 3 is 1.93 bits per heavy atom. The number of sulfonamides is 1. The fraction of sp³-hybridized carbons (Fsp3) is 0.235. The van der Waals surface area contributed by atoms with Crippen LogP contribution in [0, 0.1) is 5.92 Å². The number of benzene rings is 4. The van der Waals surface area contributed by atoms with Crippen LogP contribution < -0.4 is 9.62 Å². The lowest BCUT2D eigenvalue weighted by Gasteiger charge is -2.34. The minimum absolute atomic E-state index is 0.00367. The van der Waals surface area contributed by atoms with Crippen molar-refractivity contribution in [3.05, 3.63) is 129 Å². The minimum atomic E-state index is -4.22. The highest BCUT2D eigenvalue weighted by atomic mass is 35.5. The van der Waals surface area contributed by atoms with Gasteiger partial charge in [0, 0.05) is 40.1 Å². The van der Waals surface area contributed by atoms with Crippen molar-refractivity contribution < 1.29 is 18.0 Å². The van der Waals surface area contributed by atoms with E-state index >= 15 is 0 Å². The number of amides is 2. The van der Waals surface area contributed by atoms with E-state index < -0.39 is 28.5 Å². The third-order valence-electron chi connectivity index (χ3n) is 7.07. The lowest BCUT2D eigenvalue weighted by atomic mass is 10.0. The van der Waals surface area contributed by atoms with Gasteiger partial charge in [0.2, 0.25) is 11.8 Å². The highest BCUT2D eigenvalue weighted by Gasteiger charge is 2.35. The quantitative estimate of drug-likeness (QED) is 0.161. The molecule has 1 atom stereocenters. The van der Waals surface area contributed by atoms with Crippen molar-refractivity contribution in [2.75, 3.05) is 17.4 Å². The van der Waals surface area contributed by atoms with Gasteiger partial charge in [-0.15, -0.1) is 0 Å². The summed E-state index contributed by atoms with van der Waals surface area (Å²) in [5.74, 6) is -0.848. The normalized spacial score (nSPS) is 12.0. The van der Waals surface area contributed by atoms with Gasteiger partial charge < -0.3 is 10.2 Å². The first-order valence-electron chi connectivity index (χ1n) is 14.3. The Morgan fingerprint density at radius 2 is 1.36 bits per heavy atom. The topological polar surface area (TPSA) is 86.8 Å². The number of halogens is 3. The number of carbonyl (C=O) groups is 2. The summed E-state index contributed by atoms with van der Waals surface area (Å²) in [5, 5.41) is 3.98. The van der Waals surface area contributed by atoms with Gasteiger partial charge in [0.25, 0.3) is 10.0 Å². The van der Waals surface area contributed by atoms with Crippen LogP contribution in [-0.2, 0) is 32.6 Å². The van der Waals surface area contributed by atoms with Gasteiger partial charge >= 0.3 is 0 Å². The fourth-order valence-corrected chi connectivity index (χ4v) is 6.76. The van der Waals surface area contributed by atoms with Gasteiger partial charge in [0.05, 0.1) is 10.6 Å². The maximum Gasteiger partial charge on any atom is 0.264 e. The summed E-state index contributed by atoms with van der Waals surface area (Å²) in [6, 6.07) is 27.3. The lowest BCUT2D eigenvalue weighted by Crippen LogP contribution is -2.53. The van der Waals surface area contributed by atoms with Crippen molar-refractivity contribution in [1.29, 1.82) is 0 Å². The number of nitrogens with zero attached hydrogens (tertiary/aromatic N) is 2. The molecule has 236 valence electrons. The second-order valence-corrected chi connectivity index (χ2v) is 14.0. The van der Waals surface area contributed by atoms with Gasteiger partial charge in [0.1, 0.15) is 12.6 Å². The van der Waals surface area contributed by atoms with Crippen LogP contribution in [0.25, 0.3) is 0 Å². The van der Waals surface area contributed by atoms with Crippen LogP contribution in [0.4, 0.5) is 5.69 Å². The number of hydrogen-bond acceptors (Lipinski definition) is 4. The molecule has 2 amide bonds. The molecule has 1 unspecified atom stereocenters. The molecule has 0 fully saturated rings. The van der Waals surface area contributed by atoms with Crippen LogP contribution in [-0.4, -0.2) is 44.3 Å². The maximum absolute atomic E-state index is 14.5. The van der Waals surface area contributed by atoms with E-state index in [1.165, 1.54) is 29.2 Å². The van der Waals surface area contributed by atoms with E-state index in [0.717, 1.165) is 9.87 Å². The molecular weight excluding hydrogens is 653 g/mol. The average Bonchev–Trinajstić information content (AvgIpc) is 3.03. The molecule has 0 bridgehead atoms. The zero-order valence-electron chi connectivity index (χ0n) is 24.9. The van der Waals surface area contributed by atoms with Crippen molar-refractivity contribution in [2.24, 2.45) is 5.92 Å². The number of nitrogens with one attached hydrogen (secondary N) is 1. The summed E-state index contributed by atoms with van der Waals surface area (Å²) in [7, 11) is -4.22. The van der Waals surface area contributed by atoms with Gasteiger partial charge in [-0.25, -0.2) is 8.42 Å². The van der Waals surface area contributed by atoms with Gasteiger partial charge in [-0.2, -0.15) is 0 Å². The Bertz CT molecular complexity index is 1680. The molecule has 4 aromatic rings. The second kappa shape index (κ2) is 15.6. The van der Waals surface area contributed by atoms with Crippen molar-refractivity contribution in [1.82, 2.24) is 10.2 Å². The first-order valence-corrected chi connectivity index (χ1v) is 16.9. The van der Waals surface area contributed by atoms with Crippen molar-refractivity contribution in [3.8, 4) is 0 Å². The number of rotatable bonds is 13. The van der Waals surface area contributed by atoms with Crippen LogP contribution in [0.5, 0.6) is 0 Å². The smallest absolute Gasteiger partial charge is 0.264 e. The molecule has 0 aromatic heterocycles. The summed E-state index contributed by atoms with van der Waals surface area (Å²) < 4.78 is 29.1. The Hall–Kier alpha value is -3.56. The molecule has 0 saturated carbocycles. The largest absolute Gasteiger partial charge is 0.354 e. The van der Waals surface area contributed by atoms with Crippen molar-refractivity contribution in [2.45, 2.75) is 37.8 Å². The van der Waals surface area contributed by atoms with E-state index in [1.54, 1.807) is 48.5 Å². The van der Waals surface area contributed by atoms with Crippen LogP contribution in [0.15, 0.2) is 108 Å². The molecular formula is C34H34Cl3N3O4S. The molecule has 1 N–H and O–H groups in total. The second-order valence-electron chi connectivity index (χ2n) is 10.9. The number of carbonyl (C=O) groups excluding carboxylic acids is 2. The molecule has 0 saturated heterocycles. The van der Waals surface area contributed by atoms with E-state index in [2.05, 4.69) is 5.32 Å². The van der Waals surface area contributed by atoms with Gasteiger partial charge in [-0.05, 0) is 60.0 Å². The third-order valence-corrected chi connectivity index (χ3v) is 9.82. The minimum Gasteiger partial charge on any atom is -0.354 e. The van der Waals surface area contributed by atoms with Gasteiger partial charge in [-0.3, -0.25) is 13.9 Å². The number of anilines is 1. The Labute approximate surface area is 279 Å². The Kier molecular flexibility index (Phi) is 11.9. The highest BCUT2D eigenvalue weighted by molar-refractivity contribution is 7.92. The zero-order valence-corrected chi connectivity index (χ0v) is 28.0. The van der Waals surface area contributed by atoms with E-state index in [4.69, 9.17) is 34.8 Å². The van der Waals surface area contributed by atoms with E-state index in [1.807, 2.05) is 44.2 Å². The molecule has 0 heterocycles. The maximum atomic E-state index is 14.5. The van der Waals surface area contributed by atoms with Crippen LogP contribution in [0.3, 0.4) is 0 Å². The monoisotopic (exact) mass is 685 g/mol. The number of hydrogen-bond donors (Lipinski definition) is 1. The SMILES string of the molecule is CC(C)CNC(=O)C(Cc1ccccc1)N(Cc1c(Cl)cccc1Cl)C(=O)CN(c1ccc(Cl)cc1)S(=O)(=O)c1ccccc1. The van der Waals surface area contributed by atoms with Crippen molar-refractivity contribution in [3.63, 3.8) is 0 Å². The first-order chi connectivity index (χ1) is 21.5. The van der Waals surface area contributed by atoms with Crippen LogP contribution in [0.2, 0.25) is 15.1 Å². The predicted octanol–water partition coefficient (Wildman–Crippen LogP) is 7.25. The van der Waals surface area contributed by atoms with Crippen molar-refractivity contribution >= 4 is 62.3 Å². The molecule has 0 spiro atoms. The molecule has 11 heteroatoms. The molecule has 45 heavy (non-hydrogen) atoms. The van der Waals surface area contributed by atoms with Gasteiger partial charge in [0.15, 0.2) is 0 Å². The standard InChI is InChI=1S/C34H34Cl3N3O4S/c1-24(2)21-38-34(42)32(20-25-10-5-3-6-11-25)39(22-29-30(36)14-9-15-31(29)37)33(41)23-40(27-18-16-26(35)17-19-27)45(43,44)28-12-7-4-8-13-28/h3-19,24,32H,20-23H2,1-2H3,(H,38,42). The molecule has 4 aromatic carbocycles. The molecule has 0 aliphatic heterocycles. The van der Waals surface area contributed by atoms with E-state index in [-0.39, 0.29) is 35.4 Å². The average molecular weight is 687 g/mol. The summed E-state index contributed by atoms with van der Waals surface area (Å²) in [6.07, 6.45) is 0.172. The Balaban J connectivity index is 1.82. The summed E-state index contributed by atoms with van der Waals surface area (Å²) in [5.41, 5.74) is 1.49. The molecule has 0 aliphatic carbocycles. The highest BCUT2D eigenvalue weighted by Crippen LogP contribution is 2.29. The zero-order chi connectivity index (χ0) is 32.6. The molecule has 0 radical (unpaired) electrons. The van der Waals surface area contributed by atoms with Crippen LogP contribution >= 0.6 is 34.8 Å². The molecule has 7 nitrogen and oxygen atoms in total. The Morgan fingerprint density at radius 1 is 0.778 bits per heavy atom. The third kappa shape index (κ3) is 9.01. The summed E-state index contributed by atoms with van der Waals surface area (Å²) in [6.45, 7) is 3.58. The summed E-state index contributed by atoms with van der Waals surface area (Å²) >= 11 is 19.2. The predicted molar refractivity (Wildman–Crippen MR) is 181 cm³/mol. The first kappa shape index (κ1) is 34.3. The fourth-order valence-electron chi connectivity index (χ4n) is 4.69. The molecule has 4 rings (SSSR count). The van der Waals surface area contributed by atoms with E-state index in [9.17, 15) is 18.0 Å². The van der Waals surface area contributed by atoms with Gasteiger partial charge in [-0.1, -0.05) is 103 Å².